The quantitative estimate of drug-likeness (QED) is 0.175. The summed E-state index contributed by atoms with van der Waals surface area (Å²) in [6.07, 6.45) is 3.19. The van der Waals surface area contributed by atoms with Crippen LogP contribution in [0.4, 0.5) is 22.7 Å². The highest BCUT2D eigenvalue weighted by atomic mass is 16.5. The molecule has 0 unspecified atom stereocenters. The van der Waals surface area contributed by atoms with Crippen LogP contribution in [-0.4, -0.2) is 101 Å². The van der Waals surface area contributed by atoms with Crippen molar-refractivity contribution >= 4 is 58.3 Å². The zero-order chi connectivity index (χ0) is 44.6. The minimum Gasteiger partial charge on any atom is -0.491 e. The molecule has 3 aliphatic rings. The summed E-state index contributed by atoms with van der Waals surface area (Å²) in [6, 6.07) is 10.1. The number of nitrogens with zero attached hydrogens (tertiary/aromatic N) is 10. The van der Waals surface area contributed by atoms with E-state index in [0.29, 0.717) is 89.7 Å². The average molecular weight is 847 g/mol. The lowest BCUT2D eigenvalue weighted by atomic mass is 10.0. The lowest BCUT2D eigenvalue weighted by molar-refractivity contribution is 0.0983. The van der Waals surface area contributed by atoms with E-state index < -0.39 is 23.6 Å². The van der Waals surface area contributed by atoms with Crippen molar-refractivity contribution in [2.24, 2.45) is 21.5 Å². The normalized spacial score (nSPS) is 19.0. The van der Waals surface area contributed by atoms with Gasteiger partial charge in [0, 0.05) is 70.0 Å². The molecule has 0 fully saturated rings. The maximum atomic E-state index is 14.5. The van der Waals surface area contributed by atoms with Crippen LogP contribution in [0.2, 0.25) is 0 Å². The number of hydrogen-bond acceptors (Lipinski definition) is 12. The fourth-order valence-electron chi connectivity index (χ4n) is 8.20. The number of nitrogens with two attached hydrogens (primary N) is 2. The van der Waals surface area contributed by atoms with Gasteiger partial charge in [-0.2, -0.15) is 20.2 Å². The summed E-state index contributed by atoms with van der Waals surface area (Å²) in [4.78, 5) is 70.6. The predicted molar refractivity (Wildman–Crippen MR) is 238 cm³/mol. The molecule has 18 nitrogen and oxygen atoms in total. The number of anilines is 4. The van der Waals surface area contributed by atoms with Gasteiger partial charge in [-0.3, -0.25) is 28.5 Å². The van der Waals surface area contributed by atoms with Crippen molar-refractivity contribution in [1.82, 2.24) is 19.6 Å². The van der Waals surface area contributed by atoms with Gasteiger partial charge in [-0.1, -0.05) is 17.6 Å². The van der Waals surface area contributed by atoms with Gasteiger partial charge in [-0.05, 0) is 90.3 Å². The Labute approximate surface area is 360 Å². The van der Waals surface area contributed by atoms with Gasteiger partial charge in [0.05, 0.1) is 35.1 Å². The minimum absolute atomic E-state index is 0.102. The van der Waals surface area contributed by atoms with Gasteiger partial charge in [0.15, 0.2) is 0 Å². The minimum atomic E-state index is -0.660. The number of hydrogen-bond donors (Lipinski definition) is 3. The molecule has 5 N–H and O–H groups in total. The van der Waals surface area contributed by atoms with Gasteiger partial charge in [-0.25, -0.2) is 0 Å². The third-order valence-electron chi connectivity index (χ3n) is 11.6. The third-order valence-corrected chi connectivity index (χ3v) is 11.6. The molecule has 326 valence electrons. The number of aliphatic hydroxyl groups excluding tert-OH is 1. The molecule has 0 saturated heterocycles. The summed E-state index contributed by atoms with van der Waals surface area (Å²) in [5.74, 6) is -1.18. The number of aliphatic hydroxyl groups is 1. The van der Waals surface area contributed by atoms with E-state index in [4.69, 9.17) is 31.3 Å². The lowest BCUT2D eigenvalue weighted by Crippen LogP contribution is -2.40. The van der Waals surface area contributed by atoms with E-state index in [1.54, 1.807) is 69.7 Å². The van der Waals surface area contributed by atoms with Gasteiger partial charge >= 0.3 is 0 Å². The van der Waals surface area contributed by atoms with Crippen molar-refractivity contribution in [3.63, 3.8) is 0 Å². The standard InChI is InChI=1S/C44H54N12O6/c1-8-55-37-31(28(5)50-55)13-10-9-11-16-56-35(19-27(4)49-56)41(60)47-44-52(7)34-21-30(40(46)59)22-36(62-18-12-17-57)38(34)54(44)24-26(3)25(2)23-53-32-15-14-29(39(45)58)20-33(32)51(6)43(53)48-42(37)61/h14-15,19-22,57H,8-13,16-18,23-24H2,1-7H3,(H2,45,58)(H2,46,59)/b26-25+,47-44+,48-43+. The third kappa shape index (κ3) is 8.16. The summed E-state index contributed by atoms with van der Waals surface area (Å²) >= 11 is 0. The first-order valence-electron chi connectivity index (χ1n) is 20.8. The van der Waals surface area contributed by atoms with E-state index in [1.807, 2.05) is 44.4 Å². The Morgan fingerprint density at radius 3 is 2.15 bits per heavy atom. The summed E-state index contributed by atoms with van der Waals surface area (Å²) in [7, 11) is 3.56. The molecule has 2 aromatic carbocycles. The summed E-state index contributed by atoms with van der Waals surface area (Å²) in [5.41, 5.74) is 19.3. The molecular weight excluding hydrogens is 793 g/mol. The van der Waals surface area contributed by atoms with Gasteiger partial charge < -0.3 is 40.9 Å². The van der Waals surface area contributed by atoms with Crippen molar-refractivity contribution in [2.45, 2.75) is 79.8 Å². The Bertz CT molecular complexity index is 2570. The van der Waals surface area contributed by atoms with Crippen molar-refractivity contribution in [1.29, 1.82) is 0 Å². The van der Waals surface area contributed by atoms with Crippen LogP contribution in [0.25, 0.3) is 0 Å². The van der Waals surface area contributed by atoms with Gasteiger partial charge in [0.1, 0.15) is 22.8 Å². The smallest absolute Gasteiger partial charge is 0.298 e. The second-order valence-corrected chi connectivity index (χ2v) is 15.9. The van der Waals surface area contributed by atoms with E-state index in [2.05, 4.69) is 5.10 Å². The molecule has 0 saturated carbocycles. The van der Waals surface area contributed by atoms with Crippen molar-refractivity contribution in [3.8, 4) is 5.75 Å². The molecular formula is C44H54N12O6. The first kappa shape index (κ1) is 43.3. The Kier molecular flexibility index (Phi) is 12.3. The van der Waals surface area contributed by atoms with Crippen LogP contribution in [0.3, 0.4) is 0 Å². The number of guanidine groups is 2. The van der Waals surface area contributed by atoms with E-state index in [9.17, 15) is 24.3 Å². The molecule has 18 heteroatoms. The number of rotatable bonds is 7. The maximum absolute atomic E-state index is 14.5. The Morgan fingerprint density at radius 2 is 1.45 bits per heavy atom. The summed E-state index contributed by atoms with van der Waals surface area (Å²) in [6.45, 7) is 11.1. The van der Waals surface area contributed by atoms with Gasteiger partial charge in [0.25, 0.3) is 11.8 Å². The summed E-state index contributed by atoms with van der Waals surface area (Å²) in [5, 5.41) is 19.0. The molecule has 5 heterocycles. The topological polar surface area (TPSA) is 223 Å². The fourth-order valence-corrected chi connectivity index (χ4v) is 8.20. The van der Waals surface area contributed by atoms with E-state index in [0.717, 1.165) is 40.9 Å². The number of aryl methyl sites for hydroxylation is 4. The molecule has 7 rings (SSSR count). The number of primary amides is 2. The first-order valence-corrected chi connectivity index (χ1v) is 20.8. The van der Waals surface area contributed by atoms with Gasteiger partial charge in [-0.15, -0.1) is 0 Å². The molecule has 2 aromatic heterocycles. The van der Waals surface area contributed by atoms with E-state index in [-0.39, 0.29) is 31.9 Å². The number of carbonyl (C=O) groups is 4. The largest absolute Gasteiger partial charge is 0.491 e. The Hall–Kier alpha value is -6.82. The van der Waals surface area contributed by atoms with Gasteiger partial charge in [0.2, 0.25) is 23.7 Å². The van der Waals surface area contributed by atoms with Crippen molar-refractivity contribution in [2.75, 3.05) is 60.0 Å². The van der Waals surface area contributed by atoms with E-state index >= 15 is 0 Å². The van der Waals surface area contributed by atoms with E-state index in [1.165, 1.54) is 0 Å². The molecule has 3 aliphatic heterocycles. The molecule has 4 aromatic rings. The monoisotopic (exact) mass is 846 g/mol. The number of benzene rings is 2. The zero-order valence-corrected chi connectivity index (χ0v) is 36.4. The molecule has 4 amide bonds. The van der Waals surface area contributed by atoms with Crippen LogP contribution < -0.4 is 35.8 Å². The SMILES string of the molecule is CCn1nc(C)c2c1C(=O)/N=C1\N(C)c3cc(C(N)=O)ccc3N1C/C(C)=C(\C)CN1/C(=N/C(=O)c3cc(C)nn3CCCCC2)N(C)c2cc(C(N)=O)cc(OCCCO)c21. The first-order chi connectivity index (χ1) is 29.6. The second kappa shape index (κ2) is 17.6. The lowest BCUT2D eigenvalue weighted by Gasteiger charge is -2.26. The van der Waals surface area contributed by atoms with Crippen molar-refractivity contribution < 1.29 is 29.0 Å². The number of carbonyl (C=O) groups excluding carboxylic acids is 4. The number of aliphatic imine (C=N–C) groups is 2. The number of aromatic nitrogens is 4. The molecule has 0 spiro atoms. The fraction of sp³-hybridized carbons (Fsp3) is 0.409. The highest BCUT2D eigenvalue weighted by Gasteiger charge is 2.38. The van der Waals surface area contributed by atoms with Crippen molar-refractivity contribution in [3.05, 3.63) is 87.0 Å². The molecule has 0 atom stereocenters. The zero-order valence-electron chi connectivity index (χ0n) is 36.4. The number of amides is 4. The van der Waals surface area contributed by atoms with Crippen LogP contribution in [0.15, 0.2) is 57.5 Å². The average Bonchev–Trinajstić information content (AvgIpc) is 3.93. The van der Waals surface area contributed by atoms with Crippen LogP contribution >= 0.6 is 0 Å². The highest BCUT2D eigenvalue weighted by Crippen LogP contribution is 2.46. The summed E-state index contributed by atoms with van der Waals surface area (Å²) < 4.78 is 9.61. The predicted octanol–water partition coefficient (Wildman–Crippen LogP) is 4.34. The molecule has 0 radical (unpaired) electrons. The second-order valence-electron chi connectivity index (χ2n) is 15.9. The number of fused-ring (bicyclic) bond motifs is 8. The van der Waals surface area contributed by atoms with Crippen LogP contribution in [0.5, 0.6) is 5.75 Å². The molecule has 0 aliphatic carbocycles. The maximum Gasteiger partial charge on any atom is 0.298 e. The Balaban J connectivity index is 1.40. The highest BCUT2D eigenvalue weighted by molar-refractivity contribution is 6.22. The van der Waals surface area contributed by atoms with Crippen LogP contribution in [-0.2, 0) is 19.5 Å². The molecule has 0 bridgehead atoms. The number of ether oxygens (including phenoxy) is 1. The van der Waals surface area contributed by atoms with Crippen LogP contribution in [0.1, 0.15) is 105 Å². The van der Waals surface area contributed by atoms with Crippen LogP contribution in [0, 0.1) is 13.8 Å². The Morgan fingerprint density at radius 1 is 0.790 bits per heavy atom. The molecule has 62 heavy (non-hydrogen) atoms.